The van der Waals surface area contributed by atoms with Crippen molar-refractivity contribution in [2.24, 2.45) is 11.8 Å². The molecule has 1 aromatic carbocycles. The van der Waals surface area contributed by atoms with Crippen LogP contribution in [0.4, 0.5) is 5.82 Å². The van der Waals surface area contributed by atoms with Gasteiger partial charge in [-0.15, -0.1) is 0 Å². The van der Waals surface area contributed by atoms with Crippen molar-refractivity contribution in [3.05, 3.63) is 45.0 Å². The van der Waals surface area contributed by atoms with E-state index in [4.69, 9.17) is 26.1 Å². The highest BCUT2D eigenvalue weighted by Gasteiger charge is 2.66. The first-order valence-electron chi connectivity index (χ1n) is 10.1. The van der Waals surface area contributed by atoms with Gasteiger partial charge in [0, 0.05) is 34.2 Å². The van der Waals surface area contributed by atoms with Crippen molar-refractivity contribution in [2.45, 2.75) is 50.8 Å². The van der Waals surface area contributed by atoms with Gasteiger partial charge < -0.3 is 19.4 Å². The molecule has 0 unspecified atom stereocenters. The molecular weight excluding hydrogens is 517 g/mol. The van der Waals surface area contributed by atoms with Crippen LogP contribution in [0.25, 0.3) is 11.2 Å². The Kier molecular flexibility index (Phi) is 4.32. The number of imidazole rings is 1. The van der Waals surface area contributed by atoms with Gasteiger partial charge in [-0.1, -0.05) is 23.7 Å². The number of nitrogens with zero attached hydrogens (tertiary/aromatic N) is 4. The van der Waals surface area contributed by atoms with Crippen molar-refractivity contribution in [2.75, 3.05) is 5.32 Å². The van der Waals surface area contributed by atoms with E-state index in [1.54, 1.807) is 0 Å². The molecule has 2 aliphatic carbocycles. The summed E-state index contributed by atoms with van der Waals surface area (Å²) in [6, 6.07) is 7.99. The molecule has 5 atom stereocenters. The van der Waals surface area contributed by atoms with Crippen LogP contribution >= 0.6 is 34.2 Å². The molecule has 30 heavy (non-hydrogen) atoms. The van der Waals surface area contributed by atoms with Crippen molar-refractivity contribution < 1.29 is 9.47 Å². The molecule has 0 amide bonds. The quantitative estimate of drug-likeness (QED) is 0.393. The smallest absolute Gasteiger partial charge is 0.194 e. The van der Waals surface area contributed by atoms with Crippen LogP contribution in [0.3, 0.4) is 0 Å². The van der Waals surface area contributed by atoms with Gasteiger partial charge in [-0.2, -0.15) is 0 Å². The Labute approximate surface area is 192 Å². The zero-order valence-electron chi connectivity index (χ0n) is 16.5. The Morgan fingerprint density at radius 3 is 2.90 bits per heavy atom. The van der Waals surface area contributed by atoms with Gasteiger partial charge in [0.1, 0.15) is 6.10 Å². The molecule has 0 spiro atoms. The average molecular weight is 538 g/mol. The fourth-order valence-electron chi connectivity index (χ4n) is 5.09. The van der Waals surface area contributed by atoms with Crippen molar-refractivity contribution in [1.29, 1.82) is 0 Å². The maximum Gasteiger partial charge on any atom is 0.194 e. The number of hydrogen-bond acceptors (Lipinski definition) is 6. The predicted molar refractivity (Wildman–Crippen MR) is 121 cm³/mol. The maximum atomic E-state index is 6.29. The van der Waals surface area contributed by atoms with Crippen LogP contribution in [0, 0.1) is 15.7 Å². The molecule has 7 nitrogen and oxygen atoms in total. The van der Waals surface area contributed by atoms with Crippen molar-refractivity contribution in [3.8, 4) is 0 Å². The van der Waals surface area contributed by atoms with Gasteiger partial charge in [0.25, 0.3) is 0 Å². The summed E-state index contributed by atoms with van der Waals surface area (Å²) >= 11 is 8.27. The number of benzene rings is 1. The average Bonchev–Trinajstić information content (AvgIpc) is 3.12. The first-order valence-corrected chi connectivity index (χ1v) is 11.6. The topological polar surface area (TPSA) is 74.1 Å². The number of ether oxygens (including phenoxy) is 2. The number of halogens is 2. The highest BCUT2D eigenvalue weighted by molar-refractivity contribution is 14.1. The number of nitrogens with one attached hydrogen (secondary N) is 1. The molecule has 3 aromatic rings. The first-order chi connectivity index (χ1) is 14.4. The van der Waals surface area contributed by atoms with Gasteiger partial charge in [-0.05, 0) is 49.8 Å². The minimum atomic E-state index is -0.537. The van der Waals surface area contributed by atoms with E-state index < -0.39 is 5.79 Å². The zero-order valence-corrected chi connectivity index (χ0v) is 19.5. The fourth-order valence-corrected chi connectivity index (χ4v) is 5.77. The van der Waals surface area contributed by atoms with Gasteiger partial charge in [0.15, 0.2) is 26.6 Å². The van der Waals surface area contributed by atoms with Crippen LogP contribution in [0.5, 0.6) is 0 Å². The number of anilines is 1. The molecule has 3 fully saturated rings. The molecule has 2 saturated carbocycles. The van der Waals surface area contributed by atoms with E-state index in [-0.39, 0.29) is 18.2 Å². The molecule has 156 valence electrons. The Bertz CT molecular complexity index is 1150. The number of fused-ring (bicyclic) bond motifs is 4. The van der Waals surface area contributed by atoms with Crippen LogP contribution in [0.15, 0.2) is 30.6 Å². The third-order valence-corrected chi connectivity index (χ3v) is 7.03. The lowest BCUT2D eigenvalue weighted by Gasteiger charge is -2.24. The number of hydrogen-bond donors (Lipinski definition) is 1. The Morgan fingerprint density at radius 1 is 1.23 bits per heavy atom. The molecule has 3 aliphatic rings. The van der Waals surface area contributed by atoms with E-state index in [0.717, 1.165) is 27.6 Å². The first kappa shape index (κ1) is 19.2. The number of rotatable bonds is 4. The lowest BCUT2D eigenvalue weighted by Crippen LogP contribution is -2.30. The van der Waals surface area contributed by atoms with Crippen LogP contribution in [-0.4, -0.2) is 37.5 Å². The molecule has 1 saturated heterocycles. The summed E-state index contributed by atoms with van der Waals surface area (Å²) in [5.74, 6) is 1.32. The van der Waals surface area contributed by atoms with Gasteiger partial charge in [-0.3, -0.25) is 0 Å². The highest BCUT2D eigenvalue weighted by atomic mass is 127. The zero-order chi connectivity index (χ0) is 20.6. The van der Waals surface area contributed by atoms with Gasteiger partial charge in [0.05, 0.1) is 18.5 Å². The second-order valence-electron chi connectivity index (χ2n) is 8.77. The van der Waals surface area contributed by atoms with Gasteiger partial charge in [-0.25, -0.2) is 15.0 Å². The van der Waals surface area contributed by atoms with Crippen molar-refractivity contribution in [3.63, 3.8) is 0 Å². The largest absolute Gasteiger partial charge is 0.364 e. The Hall–Kier alpha value is -1.49. The second-order valence-corrected chi connectivity index (χ2v) is 10.2. The summed E-state index contributed by atoms with van der Waals surface area (Å²) < 4.78 is 15.4. The minimum absolute atomic E-state index is 0.0386. The van der Waals surface area contributed by atoms with Crippen LogP contribution in [-0.2, 0) is 16.0 Å². The number of aromatic nitrogens is 4. The molecular formula is C21H21ClIN5O2. The maximum absolute atomic E-state index is 6.29. The predicted octanol–water partition coefficient (Wildman–Crippen LogP) is 4.41. The molecule has 1 aliphatic heterocycles. The highest BCUT2D eigenvalue weighted by Crippen LogP contribution is 2.63. The molecule has 2 aromatic heterocycles. The minimum Gasteiger partial charge on any atom is -0.364 e. The second kappa shape index (κ2) is 6.75. The third kappa shape index (κ3) is 3.11. The molecule has 9 heteroatoms. The third-order valence-electron chi connectivity index (χ3n) is 6.32. The summed E-state index contributed by atoms with van der Waals surface area (Å²) in [5.41, 5.74) is 2.70. The van der Waals surface area contributed by atoms with E-state index in [0.29, 0.717) is 22.2 Å². The summed E-state index contributed by atoms with van der Waals surface area (Å²) in [4.78, 5) is 14.0. The van der Waals surface area contributed by atoms with Gasteiger partial charge in [0.2, 0.25) is 0 Å². The van der Waals surface area contributed by atoms with E-state index in [2.05, 4.69) is 42.4 Å². The van der Waals surface area contributed by atoms with E-state index in [9.17, 15) is 0 Å². The van der Waals surface area contributed by atoms with Crippen LogP contribution < -0.4 is 5.32 Å². The molecule has 3 heterocycles. The van der Waals surface area contributed by atoms with E-state index >= 15 is 0 Å². The fraction of sp³-hybridized carbons (Fsp3) is 0.476. The van der Waals surface area contributed by atoms with Crippen LogP contribution in [0.2, 0.25) is 5.02 Å². The summed E-state index contributed by atoms with van der Waals surface area (Å²) in [6.07, 6.45) is 3.26. The lowest BCUT2D eigenvalue weighted by atomic mass is 10.1. The monoisotopic (exact) mass is 537 g/mol. The van der Waals surface area contributed by atoms with Crippen molar-refractivity contribution >= 4 is 51.2 Å². The molecule has 0 radical (unpaired) electrons. The van der Waals surface area contributed by atoms with Crippen molar-refractivity contribution in [1.82, 2.24) is 19.5 Å². The molecule has 6 rings (SSSR count). The molecule has 0 bridgehead atoms. The Morgan fingerprint density at radius 2 is 2.07 bits per heavy atom. The van der Waals surface area contributed by atoms with Gasteiger partial charge >= 0.3 is 0 Å². The Balaban J connectivity index is 1.34. The normalized spacial score (nSPS) is 31.0. The summed E-state index contributed by atoms with van der Waals surface area (Å²) in [7, 11) is 0. The summed E-state index contributed by atoms with van der Waals surface area (Å²) in [6.45, 7) is 4.60. The summed E-state index contributed by atoms with van der Waals surface area (Å²) in [5, 5.41) is 4.13. The molecule has 1 N–H and O–H groups in total. The van der Waals surface area contributed by atoms with E-state index in [1.165, 1.54) is 6.42 Å². The standard InChI is InChI=1S/C21H21ClIN5O2/c1-21(2)29-16-13-7-12(13)15(17(16)30-21)28-9-25-14-18(26-20(23)27-19(14)28)24-8-10-4-3-5-11(22)6-10/h3-6,9,12-13,15-17H,7-8H2,1-2H3,(H,24,26,27)/t12-,13+,15+,16+,17-/m0/s1. The lowest BCUT2D eigenvalue weighted by molar-refractivity contribution is -0.156. The van der Waals surface area contributed by atoms with E-state index in [1.807, 2.05) is 44.4 Å². The van der Waals surface area contributed by atoms with Crippen LogP contribution in [0.1, 0.15) is 31.9 Å². The SMILES string of the molecule is CC1(C)O[C@@H]2[C@@H]3C[C@@H]3[C@@H](n3cnc4c(NCc5cccc(Cl)c5)nc(I)nc43)[C@@H]2O1.